The first-order valence-electron chi connectivity index (χ1n) is 10.0. The number of rotatable bonds is 3. The lowest BCUT2D eigenvalue weighted by Gasteiger charge is -2.03. The number of fused-ring (bicyclic) bond motifs is 2. The van der Waals surface area contributed by atoms with Crippen molar-refractivity contribution in [2.75, 3.05) is 0 Å². The topological polar surface area (TPSA) is 90.5 Å². The van der Waals surface area contributed by atoms with Gasteiger partial charge in [0.15, 0.2) is 5.65 Å². The second kappa shape index (κ2) is 7.02. The predicted octanol–water partition coefficient (Wildman–Crippen LogP) is 5.68. The third-order valence-corrected chi connectivity index (χ3v) is 5.56. The summed E-state index contributed by atoms with van der Waals surface area (Å²) in [6.45, 7) is 0. The van der Waals surface area contributed by atoms with E-state index in [0.29, 0.717) is 5.65 Å². The molecule has 2 aromatic carbocycles. The zero-order valence-corrected chi connectivity index (χ0v) is 16.7. The number of hydrogen-bond acceptors (Lipinski definition) is 4. The van der Waals surface area contributed by atoms with Crippen LogP contribution in [0.3, 0.4) is 0 Å². The molecule has 0 atom stereocenters. The minimum Gasteiger partial charge on any atom is -0.506 e. The Morgan fingerprint density at radius 2 is 1.66 bits per heavy atom. The van der Waals surface area contributed by atoms with Gasteiger partial charge >= 0.3 is 0 Å². The maximum atomic E-state index is 13.4. The zero-order valence-electron chi connectivity index (χ0n) is 16.7. The highest BCUT2D eigenvalue weighted by atomic mass is 19.1. The molecule has 4 heterocycles. The van der Waals surface area contributed by atoms with Gasteiger partial charge in [-0.25, -0.2) is 9.37 Å². The maximum absolute atomic E-state index is 13.4. The van der Waals surface area contributed by atoms with Crippen molar-refractivity contribution < 1.29 is 9.50 Å². The van der Waals surface area contributed by atoms with Gasteiger partial charge in [-0.05, 0) is 47.5 Å². The van der Waals surface area contributed by atoms with Crippen LogP contribution in [0.2, 0.25) is 0 Å². The Balaban J connectivity index is 1.50. The summed E-state index contributed by atoms with van der Waals surface area (Å²) in [6.07, 6.45) is 4.78. The van der Waals surface area contributed by atoms with Gasteiger partial charge in [-0.3, -0.25) is 10.1 Å². The first-order valence-corrected chi connectivity index (χ1v) is 10.0. The van der Waals surface area contributed by atoms with Gasteiger partial charge in [-0.15, -0.1) is 0 Å². The molecule has 0 amide bonds. The molecule has 0 spiro atoms. The number of aromatic nitrogens is 5. The summed E-state index contributed by atoms with van der Waals surface area (Å²) in [4.78, 5) is 12.0. The summed E-state index contributed by atoms with van der Waals surface area (Å²) >= 11 is 0. The SMILES string of the molecule is Oc1cncc(-c2cnc3n[nH]c(-c4cc5c(-c6ccc(F)cc6)cccc5[nH]4)c3c2)c1. The van der Waals surface area contributed by atoms with Gasteiger partial charge in [-0.1, -0.05) is 24.3 Å². The van der Waals surface area contributed by atoms with E-state index in [9.17, 15) is 9.50 Å². The fourth-order valence-corrected chi connectivity index (χ4v) is 4.02. The van der Waals surface area contributed by atoms with E-state index in [1.54, 1.807) is 30.6 Å². The molecule has 6 aromatic rings. The minimum absolute atomic E-state index is 0.0963. The van der Waals surface area contributed by atoms with Crippen molar-refractivity contribution in [3.05, 3.63) is 85.1 Å². The van der Waals surface area contributed by atoms with Gasteiger partial charge in [0.05, 0.1) is 17.6 Å². The summed E-state index contributed by atoms with van der Waals surface area (Å²) in [6, 6.07) is 18.2. The van der Waals surface area contributed by atoms with Crippen molar-refractivity contribution in [2.24, 2.45) is 0 Å². The van der Waals surface area contributed by atoms with E-state index in [4.69, 9.17) is 0 Å². The van der Waals surface area contributed by atoms with Crippen molar-refractivity contribution in [3.8, 4) is 39.4 Å². The average molecular weight is 421 g/mol. The molecule has 154 valence electrons. The fourth-order valence-electron chi connectivity index (χ4n) is 4.02. The van der Waals surface area contributed by atoms with Crippen LogP contribution in [0, 0.1) is 5.82 Å². The Morgan fingerprint density at radius 3 is 2.50 bits per heavy atom. The number of benzene rings is 2. The van der Waals surface area contributed by atoms with E-state index < -0.39 is 0 Å². The van der Waals surface area contributed by atoms with Crippen molar-refractivity contribution in [1.82, 2.24) is 25.1 Å². The van der Waals surface area contributed by atoms with E-state index in [1.807, 2.05) is 24.3 Å². The molecule has 0 saturated heterocycles. The molecule has 0 aliphatic heterocycles. The molecule has 32 heavy (non-hydrogen) atoms. The molecule has 0 fully saturated rings. The average Bonchev–Trinajstić information content (AvgIpc) is 3.43. The summed E-state index contributed by atoms with van der Waals surface area (Å²) in [5.74, 6) is -0.163. The number of halogens is 1. The summed E-state index contributed by atoms with van der Waals surface area (Å²) in [7, 11) is 0. The summed E-state index contributed by atoms with van der Waals surface area (Å²) < 4.78 is 13.4. The van der Waals surface area contributed by atoms with E-state index >= 15 is 0 Å². The molecular weight excluding hydrogens is 405 g/mol. The lowest BCUT2D eigenvalue weighted by molar-refractivity contribution is 0.473. The number of hydrogen-bond donors (Lipinski definition) is 3. The van der Waals surface area contributed by atoms with E-state index in [2.05, 4.69) is 31.2 Å². The predicted molar refractivity (Wildman–Crippen MR) is 121 cm³/mol. The van der Waals surface area contributed by atoms with E-state index in [0.717, 1.165) is 49.9 Å². The van der Waals surface area contributed by atoms with Crippen LogP contribution in [0.4, 0.5) is 4.39 Å². The Morgan fingerprint density at radius 1 is 0.812 bits per heavy atom. The first kappa shape index (κ1) is 18.3. The van der Waals surface area contributed by atoms with Crippen LogP contribution in [0.15, 0.2) is 79.3 Å². The van der Waals surface area contributed by atoms with Gasteiger partial charge in [0, 0.05) is 39.8 Å². The maximum Gasteiger partial charge on any atom is 0.181 e. The second-order valence-electron chi connectivity index (χ2n) is 7.58. The highest BCUT2D eigenvalue weighted by molar-refractivity contribution is 6.01. The minimum atomic E-state index is -0.259. The molecule has 0 aliphatic rings. The van der Waals surface area contributed by atoms with Crippen LogP contribution in [0.5, 0.6) is 5.75 Å². The third-order valence-electron chi connectivity index (χ3n) is 5.56. The molecule has 6 rings (SSSR count). The number of aromatic hydroxyl groups is 1. The molecule has 3 N–H and O–H groups in total. The lowest BCUT2D eigenvalue weighted by Crippen LogP contribution is -1.84. The van der Waals surface area contributed by atoms with Gasteiger partial charge in [-0.2, -0.15) is 5.10 Å². The highest BCUT2D eigenvalue weighted by Crippen LogP contribution is 2.35. The van der Waals surface area contributed by atoms with E-state index in [1.165, 1.54) is 18.3 Å². The summed E-state index contributed by atoms with van der Waals surface area (Å²) in [5.41, 5.74) is 6.78. The van der Waals surface area contributed by atoms with Gasteiger partial charge in [0.2, 0.25) is 0 Å². The molecule has 0 bridgehead atoms. The number of aromatic amines is 2. The van der Waals surface area contributed by atoms with Crippen molar-refractivity contribution in [2.45, 2.75) is 0 Å². The number of H-pyrrole nitrogens is 2. The Hall–Kier alpha value is -4.52. The van der Waals surface area contributed by atoms with Crippen molar-refractivity contribution >= 4 is 21.9 Å². The van der Waals surface area contributed by atoms with Gasteiger partial charge in [0.25, 0.3) is 0 Å². The standard InChI is InChI=1S/C25H16FN5O/c26-17-6-4-14(5-7-17)19-2-1-3-22-20(19)10-23(29-22)24-21-9-16(12-28-25(21)31-30-24)15-8-18(32)13-27-11-15/h1-13,29,32H,(H,28,30,31). The number of pyridine rings is 2. The van der Waals surface area contributed by atoms with Crippen molar-refractivity contribution in [3.63, 3.8) is 0 Å². The van der Waals surface area contributed by atoms with Gasteiger partial charge in [0.1, 0.15) is 11.6 Å². The smallest absolute Gasteiger partial charge is 0.181 e. The third kappa shape index (κ3) is 2.99. The Labute approximate surface area is 181 Å². The summed E-state index contributed by atoms with van der Waals surface area (Å²) in [5, 5.41) is 19.1. The Kier molecular flexibility index (Phi) is 4.01. The Bertz CT molecular complexity index is 1600. The normalized spacial score (nSPS) is 11.4. The molecule has 0 saturated carbocycles. The quantitative estimate of drug-likeness (QED) is 0.343. The lowest BCUT2D eigenvalue weighted by atomic mass is 10.0. The van der Waals surface area contributed by atoms with Crippen LogP contribution < -0.4 is 0 Å². The fraction of sp³-hybridized carbons (Fsp3) is 0. The van der Waals surface area contributed by atoms with E-state index in [-0.39, 0.29) is 11.6 Å². The van der Waals surface area contributed by atoms with Crippen LogP contribution in [0.25, 0.3) is 55.6 Å². The van der Waals surface area contributed by atoms with Crippen LogP contribution in [0.1, 0.15) is 0 Å². The molecule has 0 aliphatic carbocycles. The highest BCUT2D eigenvalue weighted by Gasteiger charge is 2.15. The zero-order chi connectivity index (χ0) is 21.7. The van der Waals surface area contributed by atoms with Crippen LogP contribution in [-0.2, 0) is 0 Å². The van der Waals surface area contributed by atoms with Crippen LogP contribution in [-0.4, -0.2) is 30.3 Å². The number of nitrogens with one attached hydrogen (secondary N) is 2. The van der Waals surface area contributed by atoms with Crippen molar-refractivity contribution in [1.29, 1.82) is 0 Å². The molecular formula is C25H16FN5O. The monoisotopic (exact) mass is 421 g/mol. The largest absolute Gasteiger partial charge is 0.506 e. The number of nitrogens with zero attached hydrogens (tertiary/aromatic N) is 3. The molecule has 0 radical (unpaired) electrons. The molecule has 7 heteroatoms. The molecule has 6 nitrogen and oxygen atoms in total. The molecule has 4 aromatic heterocycles. The van der Waals surface area contributed by atoms with Gasteiger partial charge < -0.3 is 10.1 Å². The second-order valence-corrected chi connectivity index (χ2v) is 7.58. The van der Waals surface area contributed by atoms with Crippen LogP contribution >= 0.6 is 0 Å². The first-order chi connectivity index (χ1) is 15.7. The molecule has 0 unspecified atom stereocenters.